The lowest BCUT2D eigenvalue weighted by atomic mass is 10.1. The Hall–Kier alpha value is -2.34. The average Bonchev–Trinajstić information content (AvgIpc) is 2.82. The molecule has 0 aliphatic rings. The lowest BCUT2D eigenvalue weighted by molar-refractivity contribution is 1.20. The van der Waals surface area contributed by atoms with E-state index >= 15 is 0 Å². The molecule has 0 fully saturated rings. The molecule has 0 bridgehead atoms. The molecule has 88 valence electrons. The van der Waals surface area contributed by atoms with Crippen LogP contribution in [-0.4, -0.2) is 11.3 Å². The van der Waals surface area contributed by atoms with Gasteiger partial charge in [0.15, 0.2) is 6.34 Å². The van der Waals surface area contributed by atoms with Crippen LogP contribution in [0.1, 0.15) is 0 Å². The van der Waals surface area contributed by atoms with E-state index in [2.05, 4.69) is 38.5 Å². The van der Waals surface area contributed by atoms with Crippen LogP contribution in [0.5, 0.6) is 0 Å². The Labute approximate surface area is 107 Å². The molecular formula is C12H9N5S. The zero-order valence-electron chi connectivity index (χ0n) is 9.32. The molecule has 0 radical (unpaired) electrons. The predicted octanol–water partition coefficient (Wildman–Crippen LogP) is 3.44. The van der Waals surface area contributed by atoms with E-state index in [1.165, 1.54) is 23.1 Å². The Morgan fingerprint density at radius 3 is 2.94 bits per heavy atom. The van der Waals surface area contributed by atoms with Gasteiger partial charge in [0, 0.05) is 5.39 Å². The van der Waals surface area contributed by atoms with Crippen molar-refractivity contribution in [2.24, 2.45) is 21.2 Å². The topological polar surface area (TPSA) is 76.0 Å². The summed E-state index contributed by atoms with van der Waals surface area (Å²) < 4.78 is 1.09. The van der Waals surface area contributed by atoms with Gasteiger partial charge >= 0.3 is 0 Å². The molecule has 2 N–H and O–H groups in total. The number of thiazole rings is 1. The number of azo groups is 1. The molecule has 3 aromatic rings. The SMILES string of the molecule is NN=CN=Nc1nc2c(ccc3ccccc32)s1. The molecule has 0 saturated carbocycles. The van der Waals surface area contributed by atoms with E-state index in [0.717, 1.165) is 15.6 Å². The van der Waals surface area contributed by atoms with Crippen LogP contribution >= 0.6 is 11.3 Å². The molecule has 0 aliphatic heterocycles. The molecule has 0 atom stereocenters. The highest BCUT2D eigenvalue weighted by Gasteiger charge is 2.06. The minimum absolute atomic E-state index is 0.598. The molecular weight excluding hydrogens is 246 g/mol. The van der Waals surface area contributed by atoms with Crippen LogP contribution in [0.25, 0.3) is 21.0 Å². The lowest BCUT2D eigenvalue weighted by Gasteiger charge is -1.96. The van der Waals surface area contributed by atoms with E-state index in [1.807, 2.05) is 18.2 Å². The molecule has 0 spiro atoms. The van der Waals surface area contributed by atoms with Crippen LogP contribution in [0.4, 0.5) is 5.13 Å². The molecule has 6 heteroatoms. The first-order valence-corrected chi connectivity index (χ1v) is 6.11. The van der Waals surface area contributed by atoms with Gasteiger partial charge in [-0.3, -0.25) is 0 Å². The van der Waals surface area contributed by atoms with Crippen LogP contribution in [0.2, 0.25) is 0 Å². The number of nitrogens with two attached hydrogens (primary N) is 1. The normalized spacial score (nSPS) is 12.2. The summed E-state index contributed by atoms with van der Waals surface area (Å²) in [5.74, 6) is 4.94. The summed E-state index contributed by atoms with van der Waals surface area (Å²) in [5.41, 5.74) is 0.955. The summed E-state index contributed by atoms with van der Waals surface area (Å²) in [4.78, 5) is 4.47. The number of aromatic nitrogens is 1. The Balaban J connectivity index is 2.19. The maximum absolute atomic E-state index is 4.94. The van der Waals surface area contributed by atoms with Gasteiger partial charge in [0.1, 0.15) is 0 Å². The van der Waals surface area contributed by atoms with Gasteiger partial charge in [-0.25, -0.2) is 4.98 Å². The van der Waals surface area contributed by atoms with Gasteiger partial charge in [0.05, 0.1) is 10.2 Å². The zero-order valence-corrected chi connectivity index (χ0v) is 10.1. The minimum Gasteiger partial charge on any atom is -0.322 e. The molecule has 18 heavy (non-hydrogen) atoms. The van der Waals surface area contributed by atoms with Crippen molar-refractivity contribution < 1.29 is 0 Å². The van der Waals surface area contributed by atoms with Crippen molar-refractivity contribution in [1.82, 2.24) is 4.98 Å². The van der Waals surface area contributed by atoms with Crippen molar-refractivity contribution in [1.29, 1.82) is 0 Å². The van der Waals surface area contributed by atoms with Crippen LogP contribution in [-0.2, 0) is 0 Å². The van der Waals surface area contributed by atoms with E-state index in [-0.39, 0.29) is 0 Å². The Bertz CT molecular complexity index is 759. The highest BCUT2D eigenvalue weighted by Crippen LogP contribution is 2.32. The van der Waals surface area contributed by atoms with E-state index in [1.54, 1.807) is 0 Å². The van der Waals surface area contributed by atoms with Crippen LogP contribution < -0.4 is 5.84 Å². The van der Waals surface area contributed by atoms with E-state index in [9.17, 15) is 0 Å². The summed E-state index contributed by atoms with van der Waals surface area (Å²) in [6, 6.07) is 12.3. The van der Waals surface area contributed by atoms with Crippen LogP contribution in [0.3, 0.4) is 0 Å². The van der Waals surface area contributed by atoms with Crippen molar-refractivity contribution in [3.63, 3.8) is 0 Å². The summed E-state index contributed by atoms with van der Waals surface area (Å²) in [6.45, 7) is 0. The standard InChI is InChI=1S/C12H9N5S/c13-14-7-15-17-12-16-11-9-4-2-1-3-8(9)5-6-10(11)18-12/h1-7H,13H2. The van der Waals surface area contributed by atoms with Crippen molar-refractivity contribution in [3.05, 3.63) is 36.4 Å². The van der Waals surface area contributed by atoms with Gasteiger partial charge in [-0.2, -0.15) is 5.10 Å². The first kappa shape index (κ1) is 10.8. The second-order valence-electron chi connectivity index (χ2n) is 3.61. The highest BCUT2D eigenvalue weighted by atomic mass is 32.1. The van der Waals surface area contributed by atoms with Gasteiger partial charge in [0.25, 0.3) is 0 Å². The molecule has 1 aromatic heterocycles. The zero-order chi connectivity index (χ0) is 12.4. The minimum atomic E-state index is 0.598. The fourth-order valence-electron chi connectivity index (χ4n) is 1.80. The largest absolute Gasteiger partial charge is 0.322 e. The van der Waals surface area contributed by atoms with Crippen LogP contribution in [0.15, 0.2) is 51.7 Å². The molecule has 0 unspecified atom stereocenters. The highest BCUT2D eigenvalue weighted by molar-refractivity contribution is 7.22. The number of hydrogen-bond acceptors (Lipinski definition) is 5. The molecule has 1 heterocycles. The first-order valence-electron chi connectivity index (χ1n) is 5.29. The van der Waals surface area contributed by atoms with Crippen molar-refractivity contribution >= 4 is 43.8 Å². The summed E-state index contributed by atoms with van der Waals surface area (Å²) in [5, 5.41) is 13.8. The van der Waals surface area contributed by atoms with E-state index in [4.69, 9.17) is 5.84 Å². The van der Waals surface area contributed by atoms with Gasteiger partial charge in [-0.05, 0) is 11.5 Å². The lowest BCUT2D eigenvalue weighted by Crippen LogP contribution is -1.77. The average molecular weight is 255 g/mol. The number of rotatable bonds is 2. The summed E-state index contributed by atoms with van der Waals surface area (Å²) >= 11 is 1.49. The summed E-state index contributed by atoms with van der Waals surface area (Å²) in [7, 11) is 0. The number of hydrazone groups is 1. The molecule has 0 saturated heterocycles. The maximum Gasteiger partial charge on any atom is 0.231 e. The van der Waals surface area contributed by atoms with Crippen molar-refractivity contribution in [2.75, 3.05) is 0 Å². The third kappa shape index (κ3) is 1.82. The maximum atomic E-state index is 4.94. The fraction of sp³-hybridized carbons (Fsp3) is 0. The second kappa shape index (κ2) is 4.50. The monoisotopic (exact) mass is 255 g/mol. The van der Waals surface area contributed by atoms with Crippen molar-refractivity contribution in [3.8, 4) is 0 Å². The molecule has 3 rings (SSSR count). The van der Waals surface area contributed by atoms with Gasteiger partial charge < -0.3 is 5.84 Å². The molecule has 0 aliphatic carbocycles. The number of fused-ring (bicyclic) bond motifs is 3. The van der Waals surface area contributed by atoms with Crippen molar-refractivity contribution in [2.45, 2.75) is 0 Å². The number of hydrogen-bond donors (Lipinski definition) is 1. The third-order valence-electron chi connectivity index (χ3n) is 2.53. The van der Waals surface area contributed by atoms with E-state index < -0.39 is 0 Å². The fourth-order valence-corrected chi connectivity index (χ4v) is 2.61. The summed E-state index contributed by atoms with van der Waals surface area (Å²) in [6.07, 6.45) is 1.18. The molecule has 2 aromatic carbocycles. The Morgan fingerprint density at radius 1 is 1.17 bits per heavy atom. The first-order chi connectivity index (χ1) is 8.88. The smallest absolute Gasteiger partial charge is 0.231 e. The van der Waals surface area contributed by atoms with Gasteiger partial charge in [-0.1, -0.05) is 41.7 Å². The molecule has 0 amide bonds. The number of nitrogens with zero attached hydrogens (tertiary/aromatic N) is 4. The third-order valence-corrected chi connectivity index (χ3v) is 3.44. The second-order valence-corrected chi connectivity index (χ2v) is 4.62. The Kier molecular flexibility index (Phi) is 2.70. The van der Waals surface area contributed by atoms with Gasteiger partial charge in [-0.15, -0.1) is 10.2 Å². The predicted molar refractivity (Wildman–Crippen MR) is 74.3 cm³/mol. The van der Waals surface area contributed by atoms with E-state index in [0.29, 0.717) is 5.13 Å². The van der Waals surface area contributed by atoms with Gasteiger partial charge in [0.2, 0.25) is 5.13 Å². The quantitative estimate of drug-likeness (QED) is 0.250. The molecule has 5 nitrogen and oxygen atoms in total. The number of benzene rings is 2. The Morgan fingerprint density at radius 2 is 2.06 bits per heavy atom. The van der Waals surface area contributed by atoms with Crippen LogP contribution in [0, 0.1) is 0 Å².